The molecule has 1 aromatic rings. The molecule has 0 spiro atoms. The van der Waals surface area contributed by atoms with Crippen molar-refractivity contribution in [2.75, 3.05) is 0 Å². The third-order valence-corrected chi connectivity index (χ3v) is 9.97. The Morgan fingerprint density at radius 3 is 2.66 bits per heavy atom. The number of rotatable bonds is 0. The van der Waals surface area contributed by atoms with E-state index in [0.717, 1.165) is 18.8 Å². The van der Waals surface area contributed by atoms with Gasteiger partial charge in [0.1, 0.15) is 0 Å². The highest BCUT2D eigenvalue weighted by molar-refractivity contribution is 5.30. The molecule has 4 heteroatoms. The zero-order chi connectivity index (χ0) is 20.2. The van der Waals surface area contributed by atoms with Crippen LogP contribution in [0, 0.1) is 34.5 Å². The van der Waals surface area contributed by atoms with Crippen LogP contribution >= 0.6 is 0 Å². The number of nitrogens with zero attached hydrogens (tertiary/aromatic N) is 1. The lowest BCUT2D eigenvalue weighted by molar-refractivity contribution is -0.164. The van der Waals surface area contributed by atoms with Gasteiger partial charge in [0.2, 0.25) is 0 Å². The van der Waals surface area contributed by atoms with E-state index in [-0.39, 0.29) is 17.6 Å². The van der Waals surface area contributed by atoms with Gasteiger partial charge in [0.25, 0.3) is 0 Å². The summed E-state index contributed by atoms with van der Waals surface area (Å²) in [6, 6.07) is 0. The van der Waals surface area contributed by atoms with Crippen LogP contribution < -0.4 is 0 Å². The van der Waals surface area contributed by atoms with E-state index in [1.54, 1.807) is 5.57 Å². The third-order valence-electron chi connectivity index (χ3n) is 9.97. The summed E-state index contributed by atoms with van der Waals surface area (Å²) in [5, 5.41) is 7.67. The number of hydrogen-bond acceptors (Lipinski definition) is 3. The topological polar surface area (TPSA) is 47.1 Å². The number of aromatic amines is 1. The highest BCUT2D eigenvalue weighted by Gasteiger charge is 2.67. The average Bonchev–Trinajstić information content (AvgIpc) is 3.33. The van der Waals surface area contributed by atoms with Gasteiger partial charge in [-0.1, -0.05) is 25.5 Å². The predicted molar refractivity (Wildman–Crippen MR) is 112 cm³/mol. The normalized spacial score (nSPS) is 51.1. The van der Waals surface area contributed by atoms with Gasteiger partial charge in [0, 0.05) is 5.69 Å². The summed E-state index contributed by atoms with van der Waals surface area (Å²) in [5.74, 6) is 2.07. The first kappa shape index (κ1) is 18.6. The van der Waals surface area contributed by atoms with Crippen LogP contribution in [-0.4, -0.2) is 28.2 Å². The molecule has 1 N–H and O–H groups in total. The fourth-order valence-electron chi connectivity index (χ4n) is 8.73. The highest BCUT2D eigenvalue weighted by atomic mass is 16.8. The smallest absolute Gasteiger partial charge is 0.163 e. The number of nitrogens with one attached hydrogen (secondary N) is 1. The summed E-state index contributed by atoms with van der Waals surface area (Å²) in [6.07, 6.45) is 12.4. The van der Waals surface area contributed by atoms with E-state index in [2.05, 4.69) is 57.1 Å². The van der Waals surface area contributed by atoms with Gasteiger partial charge >= 0.3 is 0 Å². The van der Waals surface area contributed by atoms with Gasteiger partial charge in [0.05, 0.1) is 18.4 Å². The summed E-state index contributed by atoms with van der Waals surface area (Å²) in [5.41, 5.74) is 5.09. The minimum atomic E-state index is -0.477. The standard InChI is InChI=1S/C25H36N2O2/c1-6-15-7-8-16-20-17(9-10-24(15,16)4)25(5)12-14-13-26-27-19(14)11-18(25)21-22(20)29-23(2,3)28-21/h6,13,16-18,20-22H,7-12H2,1-5H3,(H,26,27)/b15-6+/t16-,17-,18+,20-,21+,22+,24+,25+/m0/s1. The molecule has 4 nitrogen and oxygen atoms in total. The van der Waals surface area contributed by atoms with Crippen LogP contribution in [0.3, 0.4) is 0 Å². The van der Waals surface area contributed by atoms with Crippen molar-refractivity contribution in [1.29, 1.82) is 0 Å². The van der Waals surface area contributed by atoms with Gasteiger partial charge in [0.15, 0.2) is 5.79 Å². The van der Waals surface area contributed by atoms with Crippen LogP contribution in [0.15, 0.2) is 17.8 Å². The minimum absolute atomic E-state index is 0.199. The Labute approximate surface area is 174 Å². The molecule has 0 aromatic carbocycles. The van der Waals surface area contributed by atoms with Crippen LogP contribution in [0.5, 0.6) is 0 Å². The summed E-state index contributed by atoms with van der Waals surface area (Å²) >= 11 is 0. The van der Waals surface area contributed by atoms with Crippen molar-refractivity contribution < 1.29 is 9.47 Å². The number of allylic oxidation sites excluding steroid dienone is 2. The molecular weight excluding hydrogens is 360 g/mol. The van der Waals surface area contributed by atoms with Crippen molar-refractivity contribution in [3.63, 3.8) is 0 Å². The second kappa shape index (κ2) is 5.76. The Balaban J connectivity index is 1.48. The monoisotopic (exact) mass is 396 g/mol. The van der Waals surface area contributed by atoms with Crippen molar-refractivity contribution >= 4 is 0 Å². The molecule has 3 saturated carbocycles. The first-order valence-electron chi connectivity index (χ1n) is 11.8. The van der Waals surface area contributed by atoms with Crippen LogP contribution in [0.25, 0.3) is 0 Å². The molecule has 29 heavy (non-hydrogen) atoms. The van der Waals surface area contributed by atoms with E-state index in [1.807, 2.05) is 0 Å². The highest BCUT2D eigenvalue weighted by Crippen LogP contribution is 2.68. The lowest BCUT2D eigenvalue weighted by Crippen LogP contribution is -2.63. The van der Waals surface area contributed by atoms with E-state index in [9.17, 15) is 0 Å². The summed E-state index contributed by atoms with van der Waals surface area (Å²) in [7, 11) is 0. The Morgan fingerprint density at radius 2 is 1.86 bits per heavy atom. The number of fused-ring (bicyclic) bond motifs is 9. The molecule has 4 fully saturated rings. The first-order chi connectivity index (χ1) is 13.8. The second-order valence-corrected chi connectivity index (χ2v) is 11.5. The largest absolute Gasteiger partial charge is 0.344 e. The molecule has 0 amide bonds. The van der Waals surface area contributed by atoms with Crippen molar-refractivity contribution in [1.82, 2.24) is 10.2 Å². The van der Waals surface area contributed by atoms with Crippen LogP contribution in [0.1, 0.15) is 71.6 Å². The van der Waals surface area contributed by atoms with Crippen LogP contribution in [0.4, 0.5) is 0 Å². The maximum atomic E-state index is 6.74. The van der Waals surface area contributed by atoms with E-state index in [0.29, 0.717) is 23.2 Å². The van der Waals surface area contributed by atoms with E-state index in [4.69, 9.17) is 9.47 Å². The molecule has 6 rings (SSSR count). The minimum Gasteiger partial charge on any atom is -0.344 e. The number of aromatic nitrogens is 2. The maximum absolute atomic E-state index is 6.74. The molecule has 0 unspecified atom stereocenters. The zero-order valence-corrected chi connectivity index (χ0v) is 18.6. The SMILES string of the molecule is C/C=C1\CC[C@H]2[C@@H]3[C@H]4OC(C)(C)O[C@@H]4[C@H]4Cc5[nH]ncc5C[C@]4(C)[C@H]3CC[C@]12C. The fraction of sp³-hybridized carbons (Fsp3) is 0.800. The predicted octanol–water partition coefficient (Wildman–Crippen LogP) is 5.05. The second-order valence-electron chi connectivity index (χ2n) is 11.5. The molecule has 1 aromatic heterocycles. The molecule has 5 aliphatic rings. The summed E-state index contributed by atoms with van der Waals surface area (Å²) in [4.78, 5) is 0. The van der Waals surface area contributed by atoms with Gasteiger partial charge in [-0.3, -0.25) is 5.10 Å². The van der Waals surface area contributed by atoms with Crippen LogP contribution in [-0.2, 0) is 22.3 Å². The number of hydrogen-bond donors (Lipinski definition) is 1. The summed E-state index contributed by atoms with van der Waals surface area (Å²) < 4.78 is 13.4. The Morgan fingerprint density at radius 1 is 1.07 bits per heavy atom. The molecule has 1 aliphatic heterocycles. The van der Waals surface area contributed by atoms with Gasteiger partial charge in [-0.2, -0.15) is 5.10 Å². The maximum Gasteiger partial charge on any atom is 0.163 e. The van der Waals surface area contributed by atoms with Gasteiger partial charge in [-0.15, -0.1) is 0 Å². The molecule has 8 atom stereocenters. The van der Waals surface area contributed by atoms with E-state index in [1.165, 1.54) is 36.9 Å². The van der Waals surface area contributed by atoms with Gasteiger partial charge in [-0.05, 0) is 99.4 Å². The molecule has 1 saturated heterocycles. The van der Waals surface area contributed by atoms with Crippen molar-refractivity contribution in [2.45, 2.75) is 91.1 Å². The Kier molecular flexibility index (Phi) is 3.70. The number of H-pyrrole nitrogens is 1. The quantitative estimate of drug-likeness (QED) is 0.624. The first-order valence-corrected chi connectivity index (χ1v) is 11.8. The van der Waals surface area contributed by atoms with Crippen molar-refractivity contribution in [3.05, 3.63) is 29.1 Å². The summed E-state index contributed by atoms with van der Waals surface area (Å²) in [6.45, 7) is 11.6. The average molecular weight is 397 g/mol. The zero-order valence-electron chi connectivity index (χ0n) is 18.6. The molecular formula is C25H36N2O2. The number of ether oxygens (including phenoxy) is 2. The van der Waals surface area contributed by atoms with E-state index < -0.39 is 5.79 Å². The van der Waals surface area contributed by atoms with Gasteiger partial charge < -0.3 is 9.47 Å². The Hall–Kier alpha value is -1.13. The molecule has 158 valence electrons. The molecule has 0 radical (unpaired) electrons. The Bertz CT molecular complexity index is 872. The van der Waals surface area contributed by atoms with Crippen LogP contribution in [0.2, 0.25) is 0 Å². The third kappa shape index (κ3) is 2.31. The molecule has 4 aliphatic carbocycles. The van der Waals surface area contributed by atoms with E-state index >= 15 is 0 Å². The lowest BCUT2D eigenvalue weighted by atomic mass is 9.43. The molecule has 0 bridgehead atoms. The lowest BCUT2D eigenvalue weighted by Gasteiger charge is -2.62. The fourth-order valence-corrected chi connectivity index (χ4v) is 8.73. The van der Waals surface area contributed by atoms with Crippen molar-refractivity contribution in [3.8, 4) is 0 Å². The molecule has 2 heterocycles. The van der Waals surface area contributed by atoms with Gasteiger partial charge in [-0.25, -0.2) is 0 Å². The van der Waals surface area contributed by atoms with Crippen molar-refractivity contribution in [2.24, 2.45) is 34.5 Å².